The van der Waals surface area contributed by atoms with Crippen molar-refractivity contribution in [1.82, 2.24) is 5.32 Å². The minimum absolute atomic E-state index is 0.00229. The van der Waals surface area contributed by atoms with Crippen LogP contribution in [0.3, 0.4) is 0 Å². The van der Waals surface area contributed by atoms with Crippen molar-refractivity contribution in [3.63, 3.8) is 0 Å². The summed E-state index contributed by atoms with van der Waals surface area (Å²) in [6.45, 7) is 0.265. The predicted octanol–water partition coefficient (Wildman–Crippen LogP) is 3.20. The third kappa shape index (κ3) is 4.12. The van der Waals surface area contributed by atoms with Gasteiger partial charge in [-0.3, -0.25) is 4.79 Å². The van der Waals surface area contributed by atoms with E-state index in [1.54, 1.807) is 0 Å². The van der Waals surface area contributed by atoms with Crippen LogP contribution in [0.25, 0.3) is 0 Å². The van der Waals surface area contributed by atoms with Gasteiger partial charge in [0.2, 0.25) is 5.91 Å². The summed E-state index contributed by atoms with van der Waals surface area (Å²) in [7, 11) is 0. The van der Waals surface area contributed by atoms with Crippen molar-refractivity contribution in [2.75, 3.05) is 0 Å². The Balaban J connectivity index is 1.45. The van der Waals surface area contributed by atoms with E-state index >= 15 is 0 Å². The van der Waals surface area contributed by atoms with Crippen LogP contribution in [-0.4, -0.2) is 17.9 Å². The molecule has 1 heterocycles. The van der Waals surface area contributed by atoms with Crippen LogP contribution in [-0.2, 0) is 20.9 Å². The van der Waals surface area contributed by atoms with Gasteiger partial charge in [0, 0.05) is 0 Å². The van der Waals surface area contributed by atoms with Gasteiger partial charge in [-0.05, 0) is 24.3 Å². The van der Waals surface area contributed by atoms with E-state index < -0.39 is 6.04 Å². The third-order valence-electron chi connectivity index (χ3n) is 5.13. The fraction of sp³-hybridized carbons (Fsp3) is 0.579. The Bertz CT molecular complexity index is 537. The molecule has 1 unspecified atom stereocenters. The second-order valence-corrected chi connectivity index (χ2v) is 6.77. The zero-order valence-electron chi connectivity index (χ0n) is 13.5. The summed E-state index contributed by atoms with van der Waals surface area (Å²) in [4.78, 5) is 23.9. The topological polar surface area (TPSA) is 55.4 Å². The monoisotopic (exact) mass is 315 g/mol. The molecule has 1 saturated carbocycles. The summed E-state index contributed by atoms with van der Waals surface area (Å²) >= 11 is 0. The van der Waals surface area contributed by atoms with Gasteiger partial charge >= 0.3 is 5.97 Å². The molecule has 1 aromatic rings. The summed E-state index contributed by atoms with van der Waals surface area (Å²) in [5.41, 5.74) is 0.963. The molecule has 23 heavy (non-hydrogen) atoms. The number of amides is 1. The van der Waals surface area contributed by atoms with Gasteiger partial charge in [0.05, 0.1) is 5.92 Å². The molecule has 4 nitrogen and oxygen atoms in total. The lowest BCUT2D eigenvalue weighted by molar-refractivity contribution is -0.159. The first-order chi connectivity index (χ1) is 11.2. The van der Waals surface area contributed by atoms with Crippen LogP contribution in [0.15, 0.2) is 30.3 Å². The highest BCUT2D eigenvalue weighted by Crippen LogP contribution is 2.31. The summed E-state index contributed by atoms with van der Waals surface area (Å²) in [6.07, 6.45) is 8.38. The zero-order valence-corrected chi connectivity index (χ0v) is 13.5. The molecule has 0 bridgehead atoms. The second kappa shape index (κ2) is 7.62. The fourth-order valence-corrected chi connectivity index (χ4v) is 3.65. The largest absolute Gasteiger partial charge is 0.459 e. The maximum absolute atomic E-state index is 12.2. The van der Waals surface area contributed by atoms with Crippen molar-refractivity contribution >= 4 is 11.9 Å². The number of β-lactam (4-membered cyclic amide) rings is 1. The van der Waals surface area contributed by atoms with Crippen LogP contribution in [0.4, 0.5) is 0 Å². The molecule has 1 N–H and O–H groups in total. The molecule has 0 radical (unpaired) electrons. The molecule has 1 aliphatic carbocycles. The molecule has 2 atom stereocenters. The van der Waals surface area contributed by atoms with Gasteiger partial charge in [0.15, 0.2) is 0 Å². The van der Waals surface area contributed by atoms with Crippen LogP contribution >= 0.6 is 0 Å². The number of ether oxygens (including phenoxy) is 1. The minimum Gasteiger partial charge on any atom is -0.459 e. The smallest absolute Gasteiger partial charge is 0.329 e. The quantitative estimate of drug-likeness (QED) is 0.648. The molecule has 1 amide bonds. The molecule has 1 aliphatic heterocycles. The summed E-state index contributed by atoms with van der Waals surface area (Å²) in [6, 6.07) is 9.16. The van der Waals surface area contributed by atoms with Crippen LogP contribution in [0.1, 0.15) is 50.5 Å². The molecule has 3 rings (SSSR count). The minimum atomic E-state index is -0.449. The first-order valence-corrected chi connectivity index (χ1v) is 8.75. The maximum atomic E-state index is 12.2. The number of hydrogen-bond acceptors (Lipinski definition) is 3. The van der Waals surface area contributed by atoms with E-state index in [2.05, 4.69) is 5.32 Å². The molecule has 0 aromatic heterocycles. The Kier molecular flexibility index (Phi) is 5.31. The van der Waals surface area contributed by atoms with Crippen molar-refractivity contribution in [2.45, 2.75) is 57.6 Å². The first-order valence-electron chi connectivity index (χ1n) is 8.75. The average molecular weight is 315 g/mol. The Labute approximate surface area is 137 Å². The molecule has 2 fully saturated rings. The van der Waals surface area contributed by atoms with E-state index in [-0.39, 0.29) is 24.4 Å². The first kappa shape index (κ1) is 16.0. The molecular weight excluding hydrogens is 290 g/mol. The van der Waals surface area contributed by atoms with Gasteiger partial charge in [0.1, 0.15) is 12.6 Å². The van der Waals surface area contributed by atoms with Crippen molar-refractivity contribution < 1.29 is 14.3 Å². The lowest BCUT2D eigenvalue weighted by Gasteiger charge is -2.36. The van der Waals surface area contributed by atoms with Crippen molar-refractivity contribution in [3.8, 4) is 0 Å². The molecule has 1 saturated heterocycles. The van der Waals surface area contributed by atoms with Gasteiger partial charge in [-0.2, -0.15) is 0 Å². The van der Waals surface area contributed by atoms with Crippen molar-refractivity contribution in [3.05, 3.63) is 35.9 Å². The number of hydrogen-bond donors (Lipinski definition) is 1. The number of rotatable bonds is 6. The number of carbonyl (C=O) groups excluding carboxylic acids is 2. The Morgan fingerprint density at radius 3 is 2.52 bits per heavy atom. The average Bonchev–Trinajstić information content (AvgIpc) is 2.59. The molecule has 124 valence electrons. The molecule has 0 spiro atoms. The maximum Gasteiger partial charge on any atom is 0.329 e. The van der Waals surface area contributed by atoms with Crippen molar-refractivity contribution in [2.24, 2.45) is 11.8 Å². The standard InChI is InChI=1S/C19H25NO3/c21-18-16(12-11-14-7-3-1-4-8-14)17(20-18)19(22)23-13-15-9-5-2-6-10-15/h2,5-6,9-10,14,16-17H,1,3-4,7-8,11-13H2,(H,20,21)/t16-,17?/m1/s1. The van der Waals surface area contributed by atoms with Gasteiger partial charge < -0.3 is 10.1 Å². The van der Waals surface area contributed by atoms with E-state index in [4.69, 9.17) is 4.74 Å². The molecular formula is C19H25NO3. The van der Waals surface area contributed by atoms with E-state index in [1.165, 1.54) is 32.1 Å². The number of esters is 1. The molecule has 2 aliphatic rings. The van der Waals surface area contributed by atoms with Crippen LogP contribution < -0.4 is 5.32 Å². The number of nitrogens with one attached hydrogen (secondary N) is 1. The summed E-state index contributed by atoms with van der Waals surface area (Å²) in [5, 5.41) is 2.70. The molecule has 4 heteroatoms. The highest BCUT2D eigenvalue weighted by molar-refractivity contribution is 5.97. The Hall–Kier alpha value is -1.84. The Morgan fingerprint density at radius 1 is 1.09 bits per heavy atom. The number of carbonyl (C=O) groups is 2. The zero-order chi connectivity index (χ0) is 16.1. The second-order valence-electron chi connectivity index (χ2n) is 6.77. The van der Waals surface area contributed by atoms with Crippen LogP contribution in [0.2, 0.25) is 0 Å². The van der Waals surface area contributed by atoms with Gasteiger partial charge in [-0.25, -0.2) is 4.79 Å². The SMILES string of the molecule is O=C(OCc1ccccc1)C1NC(=O)[C@@H]1CCC1CCCCC1. The van der Waals surface area contributed by atoms with Crippen LogP contribution in [0, 0.1) is 11.8 Å². The van der Waals surface area contributed by atoms with Gasteiger partial charge in [-0.1, -0.05) is 62.4 Å². The Morgan fingerprint density at radius 2 is 1.83 bits per heavy atom. The van der Waals surface area contributed by atoms with E-state index in [1.807, 2.05) is 30.3 Å². The summed E-state index contributed by atoms with van der Waals surface area (Å²) < 4.78 is 5.35. The van der Waals surface area contributed by atoms with Gasteiger partial charge in [-0.15, -0.1) is 0 Å². The van der Waals surface area contributed by atoms with E-state index in [0.29, 0.717) is 0 Å². The summed E-state index contributed by atoms with van der Waals surface area (Å²) in [5.74, 6) is 0.239. The molecule has 1 aromatic carbocycles. The third-order valence-corrected chi connectivity index (χ3v) is 5.13. The highest BCUT2D eigenvalue weighted by atomic mass is 16.5. The van der Waals surface area contributed by atoms with Gasteiger partial charge in [0.25, 0.3) is 0 Å². The van der Waals surface area contributed by atoms with E-state index in [9.17, 15) is 9.59 Å². The van der Waals surface area contributed by atoms with E-state index in [0.717, 1.165) is 24.3 Å². The van der Waals surface area contributed by atoms with Crippen molar-refractivity contribution in [1.29, 1.82) is 0 Å². The highest BCUT2D eigenvalue weighted by Gasteiger charge is 2.44. The predicted molar refractivity (Wildman–Crippen MR) is 87.5 cm³/mol. The van der Waals surface area contributed by atoms with Crippen LogP contribution in [0.5, 0.6) is 0 Å². The fourth-order valence-electron chi connectivity index (χ4n) is 3.65. The normalized spacial score (nSPS) is 24.6. The number of benzene rings is 1. The lowest BCUT2D eigenvalue weighted by atomic mass is 9.80. The lowest BCUT2D eigenvalue weighted by Crippen LogP contribution is -2.62.